The standard InChI is InChI=1S/C9H10S/c1-3-5-9-7-6-8(4-2)10-9/h2,6-7H,3,5H2,1H3. The molecule has 0 unspecified atom stereocenters. The van der Waals surface area contributed by atoms with E-state index in [-0.39, 0.29) is 0 Å². The third kappa shape index (κ3) is 1.62. The van der Waals surface area contributed by atoms with Gasteiger partial charge < -0.3 is 0 Å². The molecule has 1 aromatic heterocycles. The molecule has 1 rings (SSSR count). The number of terminal acetylenes is 1. The van der Waals surface area contributed by atoms with Gasteiger partial charge in [-0.2, -0.15) is 0 Å². The largest absolute Gasteiger partial charge is 0.132 e. The second kappa shape index (κ2) is 3.43. The molecule has 0 bridgehead atoms. The van der Waals surface area contributed by atoms with Crippen LogP contribution in [0.25, 0.3) is 0 Å². The van der Waals surface area contributed by atoms with Crippen LogP contribution >= 0.6 is 11.3 Å². The molecule has 1 aromatic rings. The van der Waals surface area contributed by atoms with Gasteiger partial charge in [-0.05, 0) is 18.6 Å². The number of thiophene rings is 1. The predicted octanol–water partition coefficient (Wildman–Crippen LogP) is 2.68. The Balaban J connectivity index is 2.71. The maximum Gasteiger partial charge on any atom is 0.0768 e. The van der Waals surface area contributed by atoms with Gasteiger partial charge in [0.05, 0.1) is 4.88 Å². The fraction of sp³-hybridized carbons (Fsp3) is 0.333. The number of rotatable bonds is 2. The zero-order valence-electron chi connectivity index (χ0n) is 6.05. The molecule has 0 atom stereocenters. The van der Waals surface area contributed by atoms with Gasteiger partial charge in [0, 0.05) is 4.88 Å². The summed E-state index contributed by atoms with van der Waals surface area (Å²) < 4.78 is 0. The molecule has 0 aliphatic rings. The van der Waals surface area contributed by atoms with E-state index in [0.717, 1.165) is 11.3 Å². The van der Waals surface area contributed by atoms with Crippen molar-refractivity contribution in [3.8, 4) is 12.3 Å². The maximum atomic E-state index is 5.22. The zero-order chi connectivity index (χ0) is 7.40. The van der Waals surface area contributed by atoms with Crippen molar-refractivity contribution < 1.29 is 0 Å². The minimum atomic E-state index is 1.04. The summed E-state index contributed by atoms with van der Waals surface area (Å²) in [5.41, 5.74) is 0. The van der Waals surface area contributed by atoms with Crippen molar-refractivity contribution >= 4 is 11.3 Å². The van der Waals surface area contributed by atoms with Crippen molar-refractivity contribution in [1.82, 2.24) is 0 Å². The summed E-state index contributed by atoms with van der Waals surface area (Å²) in [6, 6.07) is 4.12. The molecule has 1 heteroatoms. The second-order valence-corrected chi connectivity index (χ2v) is 3.33. The van der Waals surface area contributed by atoms with Crippen molar-refractivity contribution in [2.24, 2.45) is 0 Å². The molecule has 0 spiro atoms. The average Bonchev–Trinajstić information content (AvgIpc) is 2.37. The van der Waals surface area contributed by atoms with Crippen molar-refractivity contribution in [1.29, 1.82) is 0 Å². The van der Waals surface area contributed by atoms with E-state index in [4.69, 9.17) is 6.42 Å². The van der Waals surface area contributed by atoms with Gasteiger partial charge in [-0.1, -0.05) is 19.3 Å². The summed E-state index contributed by atoms with van der Waals surface area (Å²) in [6.45, 7) is 2.18. The third-order valence-electron chi connectivity index (χ3n) is 1.30. The molecule has 0 N–H and O–H groups in total. The molecule has 0 saturated carbocycles. The summed E-state index contributed by atoms with van der Waals surface area (Å²) in [5, 5.41) is 0. The molecule has 0 aliphatic heterocycles. The van der Waals surface area contributed by atoms with Gasteiger partial charge in [0.2, 0.25) is 0 Å². The van der Waals surface area contributed by atoms with Crippen LogP contribution in [-0.2, 0) is 6.42 Å². The summed E-state index contributed by atoms with van der Waals surface area (Å²) in [7, 11) is 0. The fourth-order valence-corrected chi connectivity index (χ4v) is 1.76. The molecule has 0 aromatic carbocycles. The lowest BCUT2D eigenvalue weighted by Gasteiger charge is -1.86. The van der Waals surface area contributed by atoms with Crippen molar-refractivity contribution in [2.45, 2.75) is 19.8 Å². The Kier molecular flexibility index (Phi) is 2.53. The Bertz CT molecular complexity index is 239. The monoisotopic (exact) mass is 150 g/mol. The SMILES string of the molecule is C#Cc1ccc(CCC)s1. The first kappa shape index (κ1) is 7.37. The van der Waals surface area contributed by atoms with Crippen LogP contribution < -0.4 is 0 Å². The van der Waals surface area contributed by atoms with Crippen molar-refractivity contribution in [3.05, 3.63) is 21.9 Å². The van der Waals surface area contributed by atoms with E-state index in [2.05, 4.69) is 18.9 Å². The zero-order valence-corrected chi connectivity index (χ0v) is 6.87. The average molecular weight is 150 g/mol. The minimum Gasteiger partial charge on any atom is -0.132 e. The number of hydrogen-bond acceptors (Lipinski definition) is 1. The van der Waals surface area contributed by atoms with Crippen LogP contribution in [0, 0.1) is 12.3 Å². The first-order valence-electron chi connectivity index (χ1n) is 3.42. The molecule has 0 amide bonds. The Morgan fingerprint density at radius 1 is 1.60 bits per heavy atom. The lowest BCUT2D eigenvalue weighted by molar-refractivity contribution is 0.940. The van der Waals surface area contributed by atoms with Gasteiger partial charge in [-0.15, -0.1) is 17.8 Å². The van der Waals surface area contributed by atoms with Gasteiger partial charge in [0.1, 0.15) is 0 Å². The Morgan fingerprint density at radius 2 is 2.40 bits per heavy atom. The van der Waals surface area contributed by atoms with Crippen LogP contribution in [0.1, 0.15) is 23.1 Å². The summed E-state index contributed by atoms with van der Waals surface area (Å²) in [4.78, 5) is 2.44. The Hall–Kier alpha value is -0.740. The highest BCUT2D eigenvalue weighted by Crippen LogP contribution is 2.16. The van der Waals surface area contributed by atoms with Crippen LogP contribution in [0.3, 0.4) is 0 Å². The van der Waals surface area contributed by atoms with Crippen molar-refractivity contribution in [2.75, 3.05) is 0 Å². The summed E-state index contributed by atoms with van der Waals surface area (Å²) in [5.74, 6) is 2.62. The molecule has 0 fully saturated rings. The van der Waals surface area contributed by atoms with Gasteiger partial charge >= 0.3 is 0 Å². The van der Waals surface area contributed by atoms with Crippen LogP contribution in [0.2, 0.25) is 0 Å². The minimum absolute atomic E-state index is 1.04. The molecular weight excluding hydrogens is 140 g/mol. The van der Waals surface area contributed by atoms with Gasteiger partial charge in [-0.25, -0.2) is 0 Å². The Labute approximate surface area is 65.9 Å². The first-order chi connectivity index (χ1) is 4.86. The van der Waals surface area contributed by atoms with E-state index >= 15 is 0 Å². The molecule has 52 valence electrons. The highest BCUT2D eigenvalue weighted by atomic mass is 32.1. The molecule has 0 saturated heterocycles. The normalized spacial score (nSPS) is 9.20. The maximum absolute atomic E-state index is 5.22. The van der Waals surface area contributed by atoms with Gasteiger partial charge in [-0.3, -0.25) is 0 Å². The molecule has 10 heavy (non-hydrogen) atoms. The van der Waals surface area contributed by atoms with Crippen LogP contribution in [0.5, 0.6) is 0 Å². The summed E-state index contributed by atoms with van der Waals surface area (Å²) >= 11 is 1.72. The fourth-order valence-electron chi connectivity index (χ4n) is 0.836. The molecule has 0 radical (unpaired) electrons. The smallest absolute Gasteiger partial charge is 0.0768 e. The lowest BCUT2D eigenvalue weighted by Crippen LogP contribution is -1.71. The van der Waals surface area contributed by atoms with E-state index in [1.807, 2.05) is 6.07 Å². The number of aryl methyl sites for hydroxylation is 1. The molecule has 1 heterocycles. The Morgan fingerprint density at radius 3 is 2.90 bits per heavy atom. The van der Waals surface area contributed by atoms with E-state index in [0.29, 0.717) is 0 Å². The van der Waals surface area contributed by atoms with Gasteiger partial charge in [0.25, 0.3) is 0 Å². The van der Waals surface area contributed by atoms with Gasteiger partial charge in [0.15, 0.2) is 0 Å². The molecular formula is C9H10S. The highest BCUT2D eigenvalue weighted by Gasteiger charge is 1.94. The third-order valence-corrected chi connectivity index (χ3v) is 2.38. The van der Waals surface area contributed by atoms with Crippen LogP contribution in [0.15, 0.2) is 12.1 Å². The summed E-state index contributed by atoms with van der Waals surface area (Å²) in [6.07, 6.45) is 7.58. The molecule has 0 nitrogen and oxygen atoms in total. The van der Waals surface area contributed by atoms with E-state index < -0.39 is 0 Å². The molecule has 0 aliphatic carbocycles. The topological polar surface area (TPSA) is 0 Å². The van der Waals surface area contributed by atoms with E-state index in [1.54, 1.807) is 11.3 Å². The quantitative estimate of drug-likeness (QED) is 0.569. The number of hydrogen-bond donors (Lipinski definition) is 0. The van der Waals surface area contributed by atoms with Crippen molar-refractivity contribution in [3.63, 3.8) is 0 Å². The van der Waals surface area contributed by atoms with Crippen LogP contribution in [0.4, 0.5) is 0 Å². The van der Waals surface area contributed by atoms with E-state index in [1.165, 1.54) is 11.3 Å². The predicted molar refractivity (Wildman–Crippen MR) is 46.2 cm³/mol. The highest BCUT2D eigenvalue weighted by molar-refractivity contribution is 7.12. The van der Waals surface area contributed by atoms with Crippen LogP contribution in [-0.4, -0.2) is 0 Å². The van der Waals surface area contributed by atoms with E-state index in [9.17, 15) is 0 Å². The first-order valence-corrected chi connectivity index (χ1v) is 4.23. The second-order valence-electron chi connectivity index (χ2n) is 2.16. The lowest BCUT2D eigenvalue weighted by atomic mass is 10.3.